The highest BCUT2D eigenvalue weighted by Gasteiger charge is 2.18. The summed E-state index contributed by atoms with van der Waals surface area (Å²) in [7, 11) is 1.93. The van der Waals surface area contributed by atoms with E-state index in [-0.39, 0.29) is 11.3 Å². The number of nitrogens with two attached hydrogens (primary N) is 1. The van der Waals surface area contributed by atoms with Crippen LogP contribution in [0.15, 0.2) is 41.6 Å². The van der Waals surface area contributed by atoms with Gasteiger partial charge in [-0.05, 0) is 19.4 Å². The summed E-state index contributed by atoms with van der Waals surface area (Å²) in [5, 5.41) is 4.45. The Balaban J connectivity index is 2.23. The lowest BCUT2D eigenvalue weighted by molar-refractivity contribution is 0.720. The predicted octanol–water partition coefficient (Wildman–Crippen LogP) is 2.91. The van der Waals surface area contributed by atoms with E-state index in [1.165, 1.54) is 11.1 Å². The van der Waals surface area contributed by atoms with Crippen LogP contribution in [0.3, 0.4) is 0 Å². The van der Waals surface area contributed by atoms with Crippen LogP contribution in [0.4, 0.5) is 0 Å². The van der Waals surface area contributed by atoms with E-state index < -0.39 is 0 Å². The van der Waals surface area contributed by atoms with E-state index >= 15 is 0 Å². The van der Waals surface area contributed by atoms with Crippen LogP contribution in [0.25, 0.3) is 0 Å². The minimum atomic E-state index is 0.0945. The fourth-order valence-electron chi connectivity index (χ4n) is 1.93. The molecule has 2 rings (SSSR count). The molecule has 0 aliphatic rings. The summed E-state index contributed by atoms with van der Waals surface area (Å²) < 4.78 is 1.82. The Labute approximate surface area is 112 Å². The van der Waals surface area contributed by atoms with Gasteiger partial charge in [0.1, 0.15) is 0 Å². The lowest BCUT2D eigenvalue weighted by atomic mass is 10.0. The molecule has 2 unspecified atom stereocenters. The third-order valence-electron chi connectivity index (χ3n) is 2.79. The summed E-state index contributed by atoms with van der Waals surface area (Å²) in [6.45, 7) is 4.16. The second kappa shape index (κ2) is 5.59. The van der Waals surface area contributed by atoms with Gasteiger partial charge in [0, 0.05) is 29.4 Å². The van der Waals surface area contributed by atoms with Crippen molar-refractivity contribution in [3.8, 4) is 0 Å². The van der Waals surface area contributed by atoms with Crippen molar-refractivity contribution in [2.24, 2.45) is 12.8 Å². The number of hydrogen-bond acceptors (Lipinski definition) is 3. The number of rotatable bonds is 4. The molecule has 0 fully saturated rings. The van der Waals surface area contributed by atoms with Gasteiger partial charge < -0.3 is 5.73 Å². The Morgan fingerprint density at radius 3 is 2.72 bits per heavy atom. The number of nitrogens with zero attached hydrogens (tertiary/aromatic N) is 2. The predicted molar refractivity (Wildman–Crippen MR) is 76.6 cm³/mol. The molecule has 2 N–H and O–H groups in total. The smallest absolute Gasteiger partial charge is 0.0626 e. The van der Waals surface area contributed by atoms with Gasteiger partial charge in [0.2, 0.25) is 0 Å². The van der Waals surface area contributed by atoms with Crippen LogP contribution >= 0.6 is 11.8 Å². The number of aryl methyl sites for hydroxylation is 2. The first kappa shape index (κ1) is 13.2. The number of aromatic nitrogens is 2. The molecule has 0 aliphatic heterocycles. The quantitative estimate of drug-likeness (QED) is 0.861. The molecule has 4 heteroatoms. The lowest BCUT2D eigenvalue weighted by Gasteiger charge is -2.20. The fourth-order valence-corrected chi connectivity index (χ4v) is 3.04. The van der Waals surface area contributed by atoms with Crippen LogP contribution in [-0.4, -0.2) is 15.8 Å². The molecule has 0 amide bonds. The van der Waals surface area contributed by atoms with Crippen LogP contribution in [0.5, 0.6) is 0 Å². The number of benzene rings is 1. The lowest BCUT2D eigenvalue weighted by Crippen LogP contribution is -2.22. The van der Waals surface area contributed by atoms with E-state index in [9.17, 15) is 0 Å². The third-order valence-corrected chi connectivity index (χ3v) is 4.23. The van der Waals surface area contributed by atoms with Gasteiger partial charge in [0.05, 0.1) is 6.20 Å². The molecule has 0 radical (unpaired) electrons. The van der Waals surface area contributed by atoms with E-state index in [4.69, 9.17) is 5.73 Å². The average Bonchev–Trinajstić information content (AvgIpc) is 2.71. The van der Waals surface area contributed by atoms with E-state index in [0.717, 1.165) is 4.90 Å². The maximum Gasteiger partial charge on any atom is 0.0626 e. The van der Waals surface area contributed by atoms with E-state index in [1.807, 2.05) is 24.1 Å². The Kier molecular flexibility index (Phi) is 4.09. The largest absolute Gasteiger partial charge is 0.327 e. The van der Waals surface area contributed by atoms with Gasteiger partial charge in [0.15, 0.2) is 0 Å². The molecule has 18 heavy (non-hydrogen) atoms. The normalized spacial score (nSPS) is 14.4. The van der Waals surface area contributed by atoms with Crippen molar-refractivity contribution in [2.75, 3.05) is 0 Å². The Morgan fingerprint density at radius 2 is 2.17 bits per heavy atom. The van der Waals surface area contributed by atoms with E-state index in [2.05, 4.69) is 43.2 Å². The highest BCUT2D eigenvalue weighted by molar-refractivity contribution is 7.99. The van der Waals surface area contributed by atoms with Gasteiger partial charge in [0.25, 0.3) is 0 Å². The zero-order valence-electron chi connectivity index (χ0n) is 11.0. The van der Waals surface area contributed by atoms with Gasteiger partial charge in [-0.15, -0.1) is 11.8 Å². The van der Waals surface area contributed by atoms with Gasteiger partial charge >= 0.3 is 0 Å². The van der Waals surface area contributed by atoms with Crippen molar-refractivity contribution in [1.29, 1.82) is 0 Å². The summed E-state index contributed by atoms with van der Waals surface area (Å²) in [6, 6.07) is 8.64. The molecule has 0 bridgehead atoms. The molecule has 0 aliphatic carbocycles. The zero-order valence-corrected chi connectivity index (χ0v) is 11.8. The molecule has 1 heterocycles. The van der Waals surface area contributed by atoms with Gasteiger partial charge in [-0.3, -0.25) is 4.68 Å². The van der Waals surface area contributed by atoms with Crippen molar-refractivity contribution in [3.05, 3.63) is 47.8 Å². The number of hydrogen-bond donors (Lipinski definition) is 1. The van der Waals surface area contributed by atoms with E-state index in [0.29, 0.717) is 0 Å². The van der Waals surface area contributed by atoms with Gasteiger partial charge in [-0.2, -0.15) is 5.10 Å². The fraction of sp³-hybridized carbons (Fsp3) is 0.357. The maximum absolute atomic E-state index is 6.13. The SMILES string of the molecule is Cc1cccc(C(Sc2cnn(C)c2)C(C)N)c1. The molecule has 0 saturated heterocycles. The number of thioether (sulfide) groups is 1. The average molecular weight is 261 g/mol. The summed E-state index contributed by atoms with van der Waals surface area (Å²) in [5.41, 5.74) is 8.67. The van der Waals surface area contributed by atoms with Crippen molar-refractivity contribution >= 4 is 11.8 Å². The van der Waals surface area contributed by atoms with Gasteiger partial charge in [-0.25, -0.2) is 0 Å². The van der Waals surface area contributed by atoms with Crippen molar-refractivity contribution in [1.82, 2.24) is 9.78 Å². The summed E-state index contributed by atoms with van der Waals surface area (Å²) in [4.78, 5) is 1.15. The molecular formula is C14H19N3S. The highest BCUT2D eigenvalue weighted by Crippen LogP contribution is 2.37. The van der Waals surface area contributed by atoms with Crippen molar-refractivity contribution < 1.29 is 0 Å². The molecule has 0 saturated carbocycles. The molecule has 1 aromatic heterocycles. The second-order valence-corrected chi connectivity index (χ2v) is 5.88. The minimum absolute atomic E-state index is 0.0945. The third kappa shape index (κ3) is 3.15. The molecule has 1 aromatic carbocycles. The molecule has 2 atom stereocenters. The summed E-state index contributed by atoms with van der Waals surface area (Å²) in [5.74, 6) is 0. The van der Waals surface area contributed by atoms with E-state index in [1.54, 1.807) is 11.8 Å². The van der Waals surface area contributed by atoms with Crippen LogP contribution in [0, 0.1) is 6.92 Å². The topological polar surface area (TPSA) is 43.8 Å². The first-order chi connectivity index (χ1) is 8.56. The van der Waals surface area contributed by atoms with Crippen LogP contribution in [0.1, 0.15) is 23.3 Å². The van der Waals surface area contributed by atoms with Gasteiger partial charge in [-0.1, -0.05) is 29.8 Å². The molecule has 0 spiro atoms. The Bertz CT molecular complexity index is 519. The highest BCUT2D eigenvalue weighted by atomic mass is 32.2. The first-order valence-electron chi connectivity index (χ1n) is 6.03. The van der Waals surface area contributed by atoms with Crippen molar-refractivity contribution in [3.63, 3.8) is 0 Å². The van der Waals surface area contributed by atoms with Crippen LogP contribution in [0.2, 0.25) is 0 Å². The summed E-state index contributed by atoms with van der Waals surface area (Å²) in [6.07, 6.45) is 3.91. The minimum Gasteiger partial charge on any atom is -0.327 e. The monoisotopic (exact) mass is 261 g/mol. The van der Waals surface area contributed by atoms with Crippen LogP contribution in [-0.2, 0) is 7.05 Å². The Hall–Kier alpha value is -1.26. The zero-order chi connectivity index (χ0) is 13.1. The van der Waals surface area contributed by atoms with Crippen LogP contribution < -0.4 is 5.73 Å². The molecular weight excluding hydrogens is 242 g/mol. The second-order valence-electron chi connectivity index (χ2n) is 4.66. The molecule has 2 aromatic rings. The van der Waals surface area contributed by atoms with Crippen molar-refractivity contribution in [2.45, 2.75) is 30.0 Å². The molecule has 96 valence electrons. The Morgan fingerprint density at radius 1 is 1.39 bits per heavy atom. The molecule has 3 nitrogen and oxygen atoms in total. The maximum atomic E-state index is 6.13. The summed E-state index contributed by atoms with van der Waals surface area (Å²) >= 11 is 1.77. The standard InChI is InChI=1S/C14H19N3S/c1-10-5-4-6-12(7-10)14(11(2)15)18-13-8-16-17(3)9-13/h4-9,11,14H,15H2,1-3H3. The first-order valence-corrected chi connectivity index (χ1v) is 6.91.